The zero-order chi connectivity index (χ0) is 9.90. The molecule has 1 aliphatic heterocycles. The molecule has 2 fully saturated rings. The van der Waals surface area contributed by atoms with Gasteiger partial charge >= 0.3 is 6.09 Å². The predicted molar refractivity (Wildman–Crippen MR) is 51.6 cm³/mol. The Balaban J connectivity index is 0.000000396. The fourth-order valence-corrected chi connectivity index (χ4v) is 2.05. The van der Waals surface area contributed by atoms with E-state index in [0.29, 0.717) is 6.61 Å². The van der Waals surface area contributed by atoms with Gasteiger partial charge in [-0.3, -0.25) is 0 Å². The van der Waals surface area contributed by atoms with Crippen molar-refractivity contribution >= 4 is 6.09 Å². The third kappa shape index (κ3) is 1.95. The molecule has 0 radical (unpaired) electrons. The molecule has 0 aromatic carbocycles. The van der Waals surface area contributed by atoms with Crippen molar-refractivity contribution in [1.29, 1.82) is 0 Å². The normalized spacial score (nSPS) is 35.6. The van der Waals surface area contributed by atoms with Gasteiger partial charge in [0.25, 0.3) is 0 Å². The maximum atomic E-state index is 10.7. The van der Waals surface area contributed by atoms with E-state index in [1.165, 1.54) is 6.42 Å². The summed E-state index contributed by atoms with van der Waals surface area (Å²) >= 11 is 0. The molecule has 76 valence electrons. The Morgan fingerprint density at radius 2 is 2.15 bits per heavy atom. The van der Waals surface area contributed by atoms with Crippen LogP contribution in [-0.2, 0) is 4.74 Å². The lowest BCUT2D eigenvalue weighted by molar-refractivity contribution is 0.0997. The summed E-state index contributed by atoms with van der Waals surface area (Å²) in [4.78, 5) is 10.7. The van der Waals surface area contributed by atoms with E-state index in [4.69, 9.17) is 4.74 Å². The van der Waals surface area contributed by atoms with Gasteiger partial charge in [-0.1, -0.05) is 27.2 Å². The van der Waals surface area contributed by atoms with Gasteiger partial charge in [-0.05, 0) is 18.8 Å². The summed E-state index contributed by atoms with van der Waals surface area (Å²) < 4.78 is 4.85. The number of nitrogens with one attached hydrogen (secondary N) is 1. The van der Waals surface area contributed by atoms with Gasteiger partial charge < -0.3 is 10.1 Å². The summed E-state index contributed by atoms with van der Waals surface area (Å²) in [6.45, 7) is 6.78. The molecule has 0 aromatic rings. The standard InChI is InChI=1S/C8H13NO2.C2H6/c1-2-6-3-8(4-6)5-11-7(10)9-8;1-2/h6H,2-5H2,1H3,(H,9,10);1-2H3. The van der Waals surface area contributed by atoms with Crippen LogP contribution in [0.5, 0.6) is 0 Å². The molecule has 2 aliphatic rings. The van der Waals surface area contributed by atoms with E-state index >= 15 is 0 Å². The molecule has 0 atom stereocenters. The minimum absolute atomic E-state index is 0.0394. The molecule has 0 unspecified atom stereocenters. The molecule has 0 aromatic heterocycles. The highest BCUT2D eigenvalue weighted by Crippen LogP contribution is 2.41. The molecule has 1 saturated heterocycles. The molecule has 2 rings (SSSR count). The second-order valence-corrected chi connectivity index (χ2v) is 3.66. The number of rotatable bonds is 1. The molecule has 1 aliphatic carbocycles. The Kier molecular flexibility index (Phi) is 3.17. The van der Waals surface area contributed by atoms with Crippen LogP contribution in [0.25, 0.3) is 0 Å². The number of cyclic esters (lactones) is 1. The van der Waals surface area contributed by atoms with E-state index in [2.05, 4.69) is 12.2 Å². The quantitative estimate of drug-likeness (QED) is 0.680. The number of carbonyl (C=O) groups excluding carboxylic acids is 1. The van der Waals surface area contributed by atoms with Crippen LogP contribution in [0.4, 0.5) is 4.79 Å². The zero-order valence-electron chi connectivity index (χ0n) is 8.72. The highest BCUT2D eigenvalue weighted by atomic mass is 16.6. The Hall–Kier alpha value is -0.730. The van der Waals surface area contributed by atoms with E-state index in [9.17, 15) is 4.79 Å². The molecule has 1 heterocycles. The molecular formula is C10H19NO2. The molecule has 0 bridgehead atoms. The van der Waals surface area contributed by atoms with E-state index in [0.717, 1.165) is 18.8 Å². The third-order valence-corrected chi connectivity index (χ3v) is 2.78. The monoisotopic (exact) mass is 185 g/mol. The molecule has 13 heavy (non-hydrogen) atoms. The van der Waals surface area contributed by atoms with Crippen LogP contribution in [0.1, 0.15) is 40.0 Å². The first-order chi connectivity index (χ1) is 6.24. The Morgan fingerprint density at radius 3 is 2.54 bits per heavy atom. The average molecular weight is 185 g/mol. The lowest BCUT2D eigenvalue weighted by Gasteiger charge is -2.42. The van der Waals surface area contributed by atoms with Crippen molar-refractivity contribution in [1.82, 2.24) is 5.32 Å². The van der Waals surface area contributed by atoms with Gasteiger partial charge in [0.15, 0.2) is 0 Å². The molecule has 1 amide bonds. The maximum Gasteiger partial charge on any atom is 0.407 e. The van der Waals surface area contributed by atoms with Crippen LogP contribution in [0.2, 0.25) is 0 Å². The zero-order valence-corrected chi connectivity index (χ0v) is 8.72. The van der Waals surface area contributed by atoms with E-state index in [-0.39, 0.29) is 11.6 Å². The second-order valence-electron chi connectivity index (χ2n) is 3.66. The highest BCUT2D eigenvalue weighted by molar-refractivity contribution is 5.71. The molecule has 1 saturated carbocycles. The average Bonchev–Trinajstić information content (AvgIpc) is 2.48. The first-order valence-electron chi connectivity index (χ1n) is 5.19. The van der Waals surface area contributed by atoms with Gasteiger partial charge in [-0.2, -0.15) is 0 Å². The number of ether oxygens (including phenoxy) is 1. The Morgan fingerprint density at radius 1 is 1.54 bits per heavy atom. The first kappa shape index (κ1) is 10.4. The van der Waals surface area contributed by atoms with E-state index in [1.54, 1.807) is 0 Å². The smallest absolute Gasteiger partial charge is 0.407 e. The van der Waals surface area contributed by atoms with Crippen LogP contribution in [-0.4, -0.2) is 18.2 Å². The lowest BCUT2D eigenvalue weighted by atomic mass is 9.68. The van der Waals surface area contributed by atoms with Crippen LogP contribution < -0.4 is 5.32 Å². The molecule has 1 spiro atoms. The molecule has 3 heteroatoms. The summed E-state index contributed by atoms with van der Waals surface area (Å²) in [5, 5.41) is 2.87. The van der Waals surface area contributed by atoms with Gasteiger partial charge in [0.05, 0.1) is 5.54 Å². The first-order valence-corrected chi connectivity index (χ1v) is 5.19. The second kappa shape index (κ2) is 3.99. The van der Waals surface area contributed by atoms with Crippen molar-refractivity contribution in [2.24, 2.45) is 5.92 Å². The van der Waals surface area contributed by atoms with E-state index in [1.807, 2.05) is 13.8 Å². The summed E-state index contributed by atoms with van der Waals surface area (Å²) in [5.41, 5.74) is 0.0394. The third-order valence-electron chi connectivity index (χ3n) is 2.78. The van der Waals surface area contributed by atoms with Crippen LogP contribution in [0.15, 0.2) is 0 Å². The minimum atomic E-state index is -0.237. The predicted octanol–water partition coefficient (Wildman–Crippen LogP) is 2.31. The lowest BCUT2D eigenvalue weighted by Crippen LogP contribution is -2.53. The van der Waals surface area contributed by atoms with Crippen LogP contribution >= 0.6 is 0 Å². The highest BCUT2D eigenvalue weighted by Gasteiger charge is 2.49. The summed E-state index contributed by atoms with van der Waals surface area (Å²) in [6.07, 6.45) is 3.20. The number of amides is 1. The van der Waals surface area contributed by atoms with Gasteiger partial charge in [-0.15, -0.1) is 0 Å². The van der Waals surface area contributed by atoms with Crippen molar-refractivity contribution in [2.45, 2.75) is 45.6 Å². The topological polar surface area (TPSA) is 38.3 Å². The Bertz CT molecular complexity index is 185. The van der Waals surface area contributed by atoms with Gasteiger partial charge in [-0.25, -0.2) is 4.79 Å². The van der Waals surface area contributed by atoms with Gasteiger partial charge in [0, 0.05) is 0 Å². The number of alkyl carbamates (subject to hydrolysis) is 1. The minimum Gasteiger partial charge on any atom is -0.447 e. The van der Waals surface area contributed by atoms with E-state index < -0.39 is 0 Å². The number of carbonyl (C=O) groups is 1. The van der Waals surface area contributed by atoms with Crippen molar-refractivity contribution in [3.8, 4) is 0 Å². The fourth-order valence-electron chi connectivity index (χ4n) is 2.05. The largest absolute Gasteiger partial charge is 0.447 e. The van der Waals surface area contributed by atoms with Crippen molar-refractivity contribution < 1.29 is 9.53 Å². The number of hydrogen-bond donors (Lipinski definition) is 1. The van der Waals surface area contributed by atoms with Crippen LogP contribution in [0, 0.1) is 5.92 Å². The van der Waals surface area contributed by atoms with Gasteiger partial charge in [0.2, 0.25) is 0 Å². The molecule has 3 nitrogen and oxygen atoms in total. The Labute approximate surface area is 79.8 Å². The number of hydrogen-bond acceptors (Lipinski definition) is 2. The van der Waals surface area contributed by atoms with Crippen molar-refractivity contribution in [3.63, 3.8) is 0 Å². The fraction of sp³-hybridized carbons (Fsp3) is 0.900. The molecular weight excluding hydrogens is 166 g/mol. The summed E-state index contributed by atoms with van der Waals surface area (Å²) in [5.74, 6) is 0.803. The van der Waals surface area contributed by atoms with Gasteiger partial charge in [0.1, 0.15) is 6.61 Å². The summed E-state index contributed by atoms with van der Waals surface area (Å²) in [6, 6.07) is 0. The SMILES string of the molecule is CC.CCC1CC2(COC(=O)N2)C1. The summed E-state index contributed by atoms with van der Waals surface area (Å²) in [7, 11) is 0. The maximum absolute atomic E-state index is 10.7. The molecule has 1 N–H and O–H groups in total. The van der Waals surface area contributed by atoms with Crippen LogP contribution in [0.3, 0.4) is 0 Å². The van der Waals surface area contributed by atoms with Crippen molar-refractivity contribution in [3.05, 3.63) is 0 Å². The van der Waals surface area contributed by atoms with Crippen molar-refractivity contribution in [2.75, 3.05) is 6.61 Å².